The highest BCUT2D eigenvalue weighted by atomic mass is 14.9. The van der Waals surface area contributed by atoms with E-state index in [4.69, 9.17) is 5.73 Å². The predicted octanol–water partition coefficient (Wildman–Crippen LogP) is 3.20. The van der Waals surface area contributed by atoms with E-state index < -0.39 is 0 Å². The van der Waals surface area contributed by atoms with Gasteiger partial charge in [-0.25, -0.2) is 0 Å². The zero-order valence-electron chi connectivity index (χ0n) is 9.98. The quantitative estimate of drug-likeness (QED) is 0.479. The molecule has 0 atom stereocenters. The molecule has 0 saturated carbocycles. The summed E-state index contributed by atoms with van der Waals surface area (Å²) in [6, 6.07) is 5.99. The second-order valence-corrected chi connectivity index (χ2v) is 3.91. The number of hydrogen-bond acceptors (Lipinski definition) is 3. The van der Waals surface area contributed by atoms with Gasteiger partial charge >= 0.3 is 0 Å². The molecule has 2 rings (SSSR count). The average molecular weight is 227 g/mol. The van der Waals surface area contributed by atoms with Crippen LogP contribution >= 0.6 is 0 Å². The van der Waals surface area contributed by atoms with Crippen LogP contribution in [-0.4, -0.2) is 11.5 Å². The Morgan fingerprint density at radius 1 is 1.35 bits per heavy atom. The van der Waals surface area contributed by atoms with Gasteiger partial charge in [-0.15, -0.1) is 0 Å². The molecule has 88 valence electrons. The molecule has 0 spiro atoms. The summed E-state index contributed by atoms with van der Waals surface area (Å²) in [6.07, 6.45) is 8.78. The summed E-state index contributed by atoms with van der Waals surface area (Å²) in [5.74, 6) is 0. The van der Waals surface area contributed by atoms with Gasteiger partial charge in [0.2, 0.25) is 0 Å². The number of nitrogens with zero attached hydrogens (tertiary/aromatic N) is 1. The molecule has 1 heterocycles. The number of nitrogens with one attached hydrogen (secondary N) is 1. The monoisotopic (exact) mass is 227 g/mol. The van der Waals surface area contributed by atoms with Gasteiger partial charge in [0.25, 0.3) is 0 Å². The first-order valence-corrected chi connectivity index (χ1v) is 5.80. The van der Waals surface area contributed by atoms with Crippen molar-refractivity contribution in [2.45, 2.75) is 13.3 Å². The lowest BCUT2D eigenvalue weighted by atomic mass is 10.1. The third-order valence-corrected chi connectivity index (χ3v) is 2.72. The van der Waals surface area contributed by atoms with Crippen LogP contribution in [0.3, 0.4) is 0 Å². The van der Waals surface area contributed by atoms with Gasteiger partial charge in [-0.05, 0) is 25.5 Å². The Morgan fingerprint density at radius 3 is 3.06 bits per heavy atom. The molecule has 17 heavy (non-hydrogen) atoms. The minimum Gasteiger partial charge on any atom is -0.397 e. The second kappa shape index (κ2) is 5.34. The maximum absolute atomic E-state index is 6.13. The van der Waals surface area contributed by atoms with Gasteiger partial charge in [0.1, 0.15) is 0 Å². The molecule has 0 fully saturated rings. The van der Waals surface area contributed by atoms with Crippen LogP contribution in [0, 0.1) is 0 Å². The van der Waals surface area contributed by atoms with E-state index in [0.29, 0.717) is 0 Å². The molecule has 0 aliphatic rings. The van der Waals surface area contributed by atoms with Crippen molar-refractivity contribution < 1.29 is 0 Å². The Labute approximate surface area is 101 Å². The molecule has 0 aliphatic carbocycles. The number of anilines is 2. The first-order chi connectivity index (χ1) is 8.33. The third kappa shape index (κ3) is 2.56. The number of hydrogen-bond donors (Lipinski definition) is 2. The Bertz CT molecular complexity index is 532. The van der Waals surface area contributed by atoms with Crippen LogP contribution < -0.4 is 11.1 Å². The molecule has 3 heteroatoms. The van der Waals surface area contributed by atoms with Crippen molar-refractivity contribution in [2.24, 2.45) is 0 Å². The maximum atomic E-state index is 6.13. The number of nitrogen functional groups attached to an aromatic ring is 1. The van der Waals surface area contributed by atoms with Crippen molar-refractivity contribution in [3.63, 3.8) is 0 Å². The highest BCUT2D eigenvalue weighted by Crippen LogP contribution is 2.27. The smallest absolute Gasteiger partial charge is 0.0630 e. The normalized spacial score (nSPS) is 11.1. The Hall–Kier alpha value is -2.03. The highest BCUT2D eigenvalue weighted by Gasteiger charge is 2.02. The molecule has 1 aromatic carbocycles. The predicted molar refractivity (Wildman–Crippen MR) is 74.1 cm³/mol. The Morgan fingerprint density at radius 2 is 2.24 bits per heavy atom. The van der Waals surface area contributed by atoms with Crippen LogP contribution in [0.1, 0.15) is 13.3 Å². The van der Waals surface area contributed by atoms with Gasteiger partial charge in [0.05, 0.1) is 11.4 Å². The lowest BCUT2D eigenvalue weighted by Gasteiger charge is -2.10. The number of benzene rings is 1. The molecule has 3 N–H and O–H groups in total. The van der Waals surface area contributed by atoms with E-state index in [0.717, 1.165) is 35.1 Å². The van der Waals surface area contributed by atoms with E-state index in [1.807, 2.05) is 31.3 Å². The molecule has 0 saturated heterocycles. The van der Waals surface area contributed by atoms with Crippen LogP contribution in [-0.2, 0) is 0 Å². The number of rotatable bonds is 4. The van der Waals surface area contributed by atoms with E-state index in [-0.39, 0.29) is 0 Å². The molecule has 0 radical (unpaired) electrons. The molecule has 1 aromatic heterocycles. The molecule has 3 nitrogen and oxygen atoms in total. The summed E-state index contributed by atoms with van der Waals surface area (Å²) < 4.78 is 0. The number of pyridine rings is 1. The Balaban J connectivity index is 2.20. The van der Waals surface area contributed by atoms with Gasteiger partial charge in [0, 0.05) is 29.7 Å². The van der Waals surface area contributed by atoms with E-state index in [9.17, 15) is 0 Å². The fourth-order valence-electron chi connectivity index (χ4n) is 1.80. The van der Waals surface area contributed by atoms with Crippen LogP contribution in [0.5, 0.6) is 0 Å². The molecular weight excluding hydrogens is 210 g/mol. The fraction of sp³-hybridized carbons (Fsp3) is 0.214. The zero-order valence-corrected chi connectivity index (χ0v) is 9.98. The highest BCUT2D eigenvalue weighted by molar-refractivity contribution is 5.98. The van der Waals surface area contributed by atoms with E-state index in [2.05, 4.69) is 22.5 Å². The third-order valence-electron chi connectivity index (χ3n) is 2.72. The molecule has 2 aromatic rings. The maximum Gasteiger partial charge on any atom is 0.0630 e. The van der Waals surface area contributed by atoms with Gasteiger partial charge in [-0.3, -0.25) is 4.98 Å². The SMILES string of the molecule is C/C=C/CCNc1ccc2cnccc2c1N. The summed E-state index contributed by atoms with van der Waals surface area (Å²) in [5, 5.41) is 5.47. The molecular formula is C14H17N3. The minimum absolute atomic E-state index is 0.797. The Kier molecular flexibility index (Phi) is 3.60. The first kappa shape index (κ1) is 11.5. The number of nitrogens with two attached hydrogens (primary N) is 1. The van der Waals surface area contributed by atoms with Crippen LogP contribution in [0.2, 0.25) is 0 Å². The van der Waals surface area contributed by atoms with Crippen molar-refractivity contribution in [1.29, 1.82) is 0 Å². The number of aromatic nitrogens is 1. The van der Waals surface area contributed by atoms with E-state index >= 15 is 0 Å². The fourth-order valence-corrected chi connectivity index (χ4v) is 1.80. The molecule has 0 unspecified atom stereocenters. The topological polar surface area (TPSA) is 50.9 Å². The average Bonchev–Trinajstić information content (AvgIpc) is 2.37. The van der Waals surface area contributed by atoms with Gasteiger partial charge in [-0.1, -0.05) is 18.2 Å². The molecule has 0 aliphatic heterocycles. The van der Waals surface area contributed by atoms with Crippen LogP contribution in [0.4, 0.5) is 11.4 Å². The summed E-state index contributed by atoms with van der Waals surface area (Å²) in [5.41, 5.74) is 7.92. The van der Waals surface area contributed by atoms with Gasteiger partial charge < -0.3 is 11.1 Å². The van der Waals surface area contributed by atoms with Crippen molar-refractivity contribution in [3.8, 4) is 0 Å². The second-order valence-electron chi connectivity index (χ2n) is 3.91. The largest absolute Gasteiger partial charge is 0.397 e. The summed E-state index contributed by atoms with van der Waals surface area (Å²) in [4.78, 5) is 4.09. The van der Waals surface area contributed by atoms with Crippen LogP contribution in [0.25, 0.3) is 10.8 Å². The standard InChI is InChI=1S/C14H17N3/c1-2-3-4-8-17-13-6-5-11-10-16-9-7-12(11)14(13)15/h2-3,5-7,9-10,17H,4,8,15H2,1H3/b3-2+. The van der Waals surface area contributed by atoms with Crippen molar-refractivity contribution in [2.75, 3.05) is 17.6 Å². The van der Waals surface area contributed by atoms with Crippen molar-refractivity contribution in [3.05, 3.63) is 42.7 Å². The van der Waals surface area contributed by atoms with Crippen molar-refractivity contribution in [1.82, 2.24) is 4.98 Å². The summed E-state index contributed by atoms with van der Waals surface area (Å²) >= 11 is 0. The summed E-state index contributed by atoms with van der Waals surface area (Å²) in [7, 11) is 0. The van der Waals surface area contributed by atoms with E-state index in [1.54, 1.807) is 6.20 Å². The lowest BCUT2D eigenvalue weighted by molar-refractivity contribution is 1.07. The minimum atomic E-state index is 0.797. The van der Waals surface area contributed by atoms with Crippen LogP contribution in [0.15, 0.2) is 42.7 Å². The number of allylic oxidation sites excluding steroid dienone is 1. The van der Waals surface area contributed by atoms with E-state index in [1.165, 1.54) is 0 Å². The molecule has 0 amide bonds. The van der Waals surface area contributed by atoms with Gasteiger partial charge in [0.15, 0.2) is 0 Å². The zero-order chi connectivity index (χ0) is 12.1. The van der Waals surface area contributed by atoms with Crippen molar-refractivity contribution >= 4 is 22.1 Å². The van der Waals surface area contributed by atoms with Gasteiger partial charge in [-0.2, -0.15) is 0 Å². The molecule has 0 bridgehead atoms. The first-order valence-electron chi connectivity index (χ1n) is 5.80. The number of fused-ring (bicyclic) bond motifs is 1. The lowest BCUT2D eigenvalue weighted by Crippen LogP contribution is -2.03. The summed E-state index contributed by atoms with van der Waals surface area (Å²) in [6.45, 7) is 2.92.